The molecule has 43 heavy (non-hydrogen) atoms. The van der Waals surface area contributed by atoms with Crippen molar-refractivity contribution in [3.63, 3.8) is 0 Å². The zero-order valence-electron chi connectivity index (χ0n) is 24.3. The van der Waals surface area contributed by atoms with Crippen LogP contribution in [0.4, 0.5) is 5.69 Å². The van der Waals surface area contributed by atoms with E-state index in [1.54, 1.807) is 12.1 Å². The van der Waals surface area contributed by atoms with Gasteiger partial charge in [0.05, 0.1) is 18.8 Å². The maximum Gasteiger partial charge on any atom is 0.255 e. The highest BCUT2D eigenvalue weighted by Crippen LogP contribution is 2.38. The molecule has 2 N–H and O–H groups in total. The molecule has 7 nitrogen and oxygen atoms in total. The van der Waals surface area contributed by atoms with Gasteiger partial charge in [0.1, 0.15) is 0 Å². The molecule has 0 spiro atoms. The zero-order valence-corrected chi connectivity index (χ0v) is 24.3. The van der Waals surface area contributed by atoms with Gasteiger partial charge in [-0.25, -0.2) is 0 Å². The molecule has 222 valence electrons. The van der Waals surface area contributed by atoms with Gasteiger partial charge in [0.2, 0.25) is 0 Å². The van der Waals surface area contributed by atoms with E-state index in [0.717, 1.165) is 62.4 Å². The van der Waals surface area contributed by atoms with Crippen LogP contribution < -0.4 is 5.32 Å². The predicted molar refractivity (Wildman–Crippen MR) is 167 cm³/mol. The van der Waals surface area contributed by atoms with Crippen molar-refractivity contribution in [2.75, 3.05) is 38.0 Å². The maximum atomic E-state index is 12.8. The average Bonchev–Trinajstić information content (AvgIpc) is 3.06. The van der Waals surface area contributed by atoms with Crippen molar-refractivity contribution >= 4 is 11.6 Å². The Kier molecular flexibility index (Phi) is 9.57. The second-order valence-corrected chi connectivity index (χ2v) is 11.4. The lowest BCUT2D eigenvalue weighted by Gasteiger charge is -2.41. The monoisotopic (exact) mass is 577 g/mol. The molecule has 0 saturated carbocycles. The summed E-state index contributed by atoms with van der Waals surface area (Å²) in [7, 11) is 0. The molecule has 2 fully saturated rings. The second-order valence-electron chi connectivity index (χ2n) is 11.4. The summed E-state index contributed by atoms with van der Waals surface area (Å²) in [5, 5.41) is 12.5. The normalized spacial score (nSPS) is 21.4. The van der Waals surface area contributed by atoms with E-state index in [4.69, 9.17) is 9.47 Å². The SMILES string of the molecule is O=C(Nc1cccc([C@H]2O[C@@H](CN3CCN(Cc4ccccc4)CC3)C[C@@H](c3ccc(CO)cc3)O2)c1)c1ccccc1. The fraction of sp³-hybridized carbons (Fsp3) is 0.306. The molecule has 2 aliphatic rings. The highest BCUT2D eigenvalue weighted by atomic mass is 16.7. The number of amides is 1. The Balaban J connectivity index is 1.14. The van der Waals surface area contributed by atoms with E-state index in [9.17, 15) is 9.90 Å². The third-order valence-corrected chi connectivity index (χ3v) is 8.24. The van der Waals surface area contributed by atoms with Crippen LogP contribution in [-0.2, 0) is 22.6 Å². The number of carbonyl (C=O) groups is 1. The van der Waals surface area contributed by atoms with Crippen LogP contribution in [0.1, 0.15) is 51.4 Å². The Morgan fingerprint density at radius 1 is 0.744 bits per heavy atom. The summed E-state index contributed by atoms with van der Waals surface area (Å²) in [6, 6.07) is 35.5. The summed E-state index contributed by atoms with van der Waals surface area (Å²) in [4.78, 5) is 17.8. The minimum Gasteiger partial charge on any atom is -0.392 e. The average molecular weight is 578 g/mol. The zero-order chi connectivity index (χ0) is 29.4. The van der Waals surface area contributed by atoms with Crippen molar-refractivity contribution in [3.05, 3.63) is 137 Å². The van der Waals surface area contributed by atoms with Gasteiger partial charge in [-0.05, 0) is 41.0 Å². The van der Waals surface area contributed by atoms with E-state index in [0.29, 0.717) is 11.3 Å². The molecule has 2 aliphatic heterocycles. The number of nitrogens with zero attached hydrogens (tertiary/aromatic N) is 2. The highest BCUT2D eigenvalue weighted by Gasteiger charge is 2.34. The smallest absolute Gasteiger partial charge is 0.255 e. The lowest BCUT2D eigenvalue weighted by atomic mass is 9.99. The van der Waals surface area contributed by atoms with Crippen LogP contribution in [0.2, 0.25) is 0 Å². The third-order valence-electron chi connectivity index (χ3n) is 8.24. The number of rotatable bonds is 9. The molecule has 6 rings (SSSR count). The number of carbonyl (C=O) groups excluding carboxylic acids is 1. The van der Waals surface area contributed by atoms with Crippen molar-refractivity contribution in [3.8, 4) is 0 Å². The number of benzene rings is 4. The molecular weight excluding hydrogens is 538 g/mol. The molecule has 4 aromatic rings. The fourth-order valence-corrected chi connectivity index (χ4v) is 5.85. The molecule has 0 unspecified atom stereocenters. The number of piperazine rings is 1. The van der Waals surface area contributed by atoms with Gasteiger partial charge < -0.3 is 19.9 Å². The summed E-state index contributed by atoms with van der Waals surface area (Å²) in [5.74, 6) is -0.158. The second kappa shape index (κ2) is 14.1. The van der Waals surface area contributed by atoms with Crippen molar-refractivity contribution in [1.82, 2.24) is 9.80 Å². The van der Waals surface area contributed by atoms with E-state index in [-0.39, 0.29) is 24.7 Å². The number of anilines is 1. The summed E-state index contributed by atoms with van der Waals surface area (Å²) < 4.78 is 13.2. The molecule has 2 heterocycles. The number of ether oxygens (including phenoxy) is 2. The quantitative estimate of drug-likeness (QED) is 0.262. The van der Waals surface area contributed by atoms with E-state index in [1.807, 2.05) is 66.7 Å². The number of nitrogens with one attached hydrogen (secondary N) is 1. The minimum atomic E-state index is -0.575. The van der Waals surface area contributed by atoms with Crippen molar-refractivity contribution in [1.29, 1.82) is 0 Å². The Hall–Kier alpha value is -3.85. The Morgan fingerprint density at radius 2 is 1.44 bits per heavy atom. The molecule has 0 radical (unpaired) electrons. The first kappa shape index (κ1) is 29.2. The first-order chi connectivity index (χ1) is 21.1. The third kappa shape index (κ3) is 7.76. The molecule has 0 aliphatic carbocycles. The Bertz CT molecular complexity index is 1460. The van der Waals surface area contributed by atoms with Crippen molar-refractivity contribution < 1.29 is 19.4 Å². The molecule has 2 saturated heterocycles. The number of aliphatic hydroxyl groups is 1. The minimum absolute atomic E-state index is 0.0118. The van der Waals surface area contributed by atoms with Crippen LogP contribution in [0.3, 0.4) is 0 Å². The molecular formula is C36H39N3O4. The maximum absolute atomic E-state index is 12.8. The van der Waals surface area contributed by atoms with Gasteiger partial charge in [0, 0.05) is 62.5 Å². The molecule has 7 heteroatoms. The largest absolute Gasteiger partial charge is 0.392 e. The summed E-state index contributed by atoms with van der Waals surface area (Å²) in [6.45, 7) is 5.86. The Morgan fingerprint density at radius 3 is 2.16 bits per heavy atom. The standard InChI is InChI=1S/C36H39N3O4/c40-26-28-14-16-29(17-15-28)34-23-33(25-39-20-18-38(19-21-39)24-27-8-3-1-4-9-27)42-36(43-34)31-12-7-13-32(22-31)37-35(41)30-10-5-2-6-11-30/h1-17,22,33-34,36,40H,18-21,23-26H2,(H,37,41)/t33-,34+,36+/m1/s1. The molecule has 1 amide bonds. The van der Waals surface area contributed by atoms with E-state index < -0.39 is 6.29 Å². The van der Waals surface area contributed by atoms with Crippen LogP contribution >= 0.6 is 0 Å². The highest BCUT2D eigenvalue weighted by molar-refractivity contribution is 6.04. The van der Waals surface area contributed by atoms with Gasteiger partial charge in [-0.2, -0.15) is 0 Å². The first-order valence-corrected chi connectivity index (χ1v) is 15.1. The summed E-state index contributed by atoms with van der Waals surface area (Å²) in [5.41, 5.74) is 5.45. The van der Waals surface area contributed by atoms with Crippen LogP contribution in [0.15, 0.2) is 109 Å². The van der Waals surface area contributed by atoms with Crippen LogP contribution in [0.25, 0.3) is 0 Å². The first-order valence-electron chi connectivity index (χ1n) is 15.1. The van der Waals surface area contributed by atoms with E-state index in [1.165, 1.54) is 5.56 Å². The molecule has 0 aromatic heterocycles. The lowest BCUT2D eigenvalue weighted by molar-refractivity contribution is -0.253. The topological polar surface area (TPSA) is 74.3 Å². The molecule has 3 atom stereocenters. The molecule has 0 bridgehead atoms. The van der Waals surface area contributed by atoms with Gasteiger partial charge in [-0.3, -0.25) is 14.6 Å². The predicted octanol–water partition coefficient (Wildman–Crippen LogP) is 5.79. The lowest BCUT2D eigenvalue weighted by Crippen LogP contribution is -2.49. The van der Waals surface area contributed by atoms with E-state index >= 15 is 0 Å². The van der Waals surface area contributed by atoms with Crippen molar-refractivity contribution in [2.24, 2.45) is 0 Å². The number of aliphatic hydroxyl groups excluding tert-OH is 1. The molecule has 4 aromatic carbocycles. The van der Waals surface area contributed by atoms with Crippen molar-refractivity contribution in [2.45, 2.75) is 38.1 Å². The Labute approximate surface area is 253 Å². The summed E-state index contributed by atoms with van der Waals surface area (Å²) >= 11 is 0. The fourth-order valence-electron chi connectivity index (χ4n) is 5.85. The van der Waals surface area contributed by atoms with Gasteiger partial charge >= 0.3 is 0 Å². The van der Waals surface area contributed by atoms with Crippen LogP contribution in [0, 0.1) is 0 Å². The van der Waals surface area contributed by atoms with Crippen LogP contribution in [0.5, 0.6) is 0 Å². The van der Waals surface area contributed by atoms with Gasteiger partial charge in [0.25, 0.3) is 5.91 Å². The van der Waals surface area contributed by atoms with E-state index in [2.05, 4.69) is 45.4 Å². The summed E-state index contributed by atoms with van der Waals surface area (Å²) in [6.07, 6.45) is -0.0129. The van der Waals surface area contributed by atoms with Gasteiger partial charge in [-0.15, -0.1) is 0 Å². The van der Waals surface area contributed by atoms with Gasteiger partial charge in [0.15, 0.2) is 6.29 Å². The number of hydrogen-bond acceptors (Lipinski definition) is 6. The number of hydrogen-bond donors (Lipinski definition) is 2. The van der Waals surface area contributed by atoms with Crippen LogP contribution in [-0.4, -0.2) is 59.6 Å². The van der Waals surface area contributed by atoms with Gasteiger partial charge in [-0.1, -0.05) is 84.9 Å².